The highest BCUT2D eigenvalue weighted by atomic mass is 14.8. The second-order valence-corrected chi connectivity index (χ2v) is 6.21. The van der Waals surface area contributed by atoms with E-state index in [2.05, 4.69) is 57.3 Å². The Kier molecular flexibility index (Phi) is 5.20. The molecular weight excluding hydrogens is 206 g/mol. The largest absolute Gasteiger partial charge is 0.319 e. The van der Waals surface area contributed by atoms with E-state index < -0.39 is 0 Å². The third kappa shape index (κ3) is 4.91. The molecule has 0 saturated heterocycles. The molecule has 0 bridgehead atoms. The summed E-state index contributed by atoms with van der Waals surface area (Å²) in [6.45, 7) is 10.2. The number of hydrogen-bond donors (Lipinski definition) is 1. The zero-order valence-corrected chi connectivity index (χ0v) is 12.0. The van der Waals surface area contributed by atoms with Crippen molar-refractivity contribution in [3.05, 3.63) is 35.4 Å². The van der Waals surface area contributed by atoms with Crippen LogP contribution >= 0.6 is 0 Å². The molecule has 0 aliphatic carbocycles. The fourth-order valence-electron chi connectivity index (χ4n) is 2.27. The van der Waals surface area contributed by atoms with Crippen molar-refractivity contribution in [2.24, 2.45) is 5.41 Å². The van der Waals surface area contributed by atoms with Gasteiger partial charge in [0.25, 0.3) is 0 Å². The van der Waals surface area contributed by atoms with Gasteiger partial charge >= 0.3 is 0 Å². The highest BCUT2D eigenvalue weighted by molar-refractivity contribution is 5.29. The molecule has 0 aliphatic heterocycles. The van der Waals surface area contributed by atoms with E-state index in [9.17, 15) is 0 Å². The molecule has 1 atom stereocenters. The normalized spacial score (nSPS) is 13.7. The van der Waals surface area contributed by atoms with Gasteiger partial charge in [0.15, 0.2) is 0 Å². The first-order valence-electron chi connectivity index (χ1n) is 6.64. The molecule has 96 valence electrons. The van der Waals surface area contributed by atoms with Crippen LogP contribution in [0.1, 0.15) is 50.7 Å². The van der Waals surface area contributed by atoms with Gasteiger partial charge in [0.05, 0.1) is 0 Å². The zero-order chi connectivity index (χ0) is 12.9. The van der Waals surface area contributed by atoms with E-state index in [1.165, 1.54) is 24.0 Å². The van der Waals surface area contributed by atoms with Gasteiger partial charge in [-0.3, -0.25) is 0 Å². The van der Waals surface area contributed by atoms with Crippen LogP contribution in [0.4, 0.5) is 0 Å². The summed E-state index contributed by atoms with van der Waals surface area (Å²) < 4.78 is 0. The first-order valence-corrected chi connectivity index (χ1v) is 6.64. The fraction of sp³-hybridized carbons (Fsp3) is 0.625. The molecule has 1 aromatic rings. The average molecular weight is 233 g/mol. The first-order chi connectivity index (χ1) is 7.94. The van der Waals surface area contributed by atoms with Gasteiger partial charge in [0.1, 0.15) is 0 Å². The summed E-state index contributed by atoms with van der Waals surface area (Å²) >= 11 is 0. The quantitative estimate of drug-likeness (QED) is 0.806. The molecule has 1 heteroatoms. The minimum absolute atomic E-state index is 0.425. The predicted octanol–water partition coefficient (Wildman–Crippen LogP) is 4.12. The van der Waals surface area contributed by atoms with Crippen LogP contribution in [0.15, 0.2) is 24.3 Å². The lowest BCUT2D eigenvalue weighted by Crippen LogP contribution is -2.20. The Bertz CT molecular complexity index is 336. The van der Waals surface area contributed by atoms with Gasteiger partial charge < -0.3 is 5.32 Å². The molecule has 0 heterocycles. The van der Waals surface area contributed by atoms with E-state index in [1.807, 2.05) is 7.05 Å². The number of benzene rings is 1. The van der Waals surface area contributed by atoms with Crippen LogP contribution in [0.25, 0.3) is 0 Å². The van der Waals surface area contributed by atoms with E-state index in [1.54, 1.807) is 0 Å². The second kappa shape index (κ2) is 6.20. The molecule has 0 aliphatic rings. The molecule has 0 fully saturated rings. The highest BCUT2D eigenvalue weighted by Crippen LogP contribution is 2.29. The summed E-state index contributed by atoms with van der Waals surface area (Å²) in [5.41, 5.74) is 3.35. The monoisotopic (exact) mass is 233 g/mol. The number of nitrogens with one attached hydrogen (secondary N) is 1. The van der Waals surface area contributed by atoms with Crippen molar-refractivity contribution in [2.75, 3.05) is 13.6 Å². The van der Waals surface area contributed by atoms with Gasteiger partial charge in [0, 0.05) is 6.54 Å². The summed E-state index contributed by atoms with van der Waals surface area (Å²) in [6, 6.07) is 8.77. The Labute approximate surface area is 107 Å². The van der Waals surface area contributed by atoms with Gasteiger partial charge in [-0.15, -0.1) is 0 Å². The van der Waals surface area contributed by atoms with Gasteiger partial charge in [-0.05, 0) is 49.3 Å². The Morgan fingerprint density at radius 3 is 2.35 bits per heavy atom. The third-order valence-corrected chi connectivity index (χ3v) is 3.32. The topological polar surface area (TPSA) is 12.0 Å². The van der Waals surface area contributed by atoms with E-state index >= 15 is 0 Å². The van der Waals surface area contributed by atoms with Gasteiger partial charge in [0.2, 0.25) is 0 Å². The van der Waals surface area contributed by atoms with Crippen molar-refractivity contribution < 1.29 is 0 Å². The maximum absolute atomic E-state index is 3.33. The molecule has 0 aromatic heterocycles. The number of rotatable bonds is 5. The van der Waals surface area contributed by atoms with E-state index in [0.717, 1.165) is 6.54 Å². The predicted molar refractivity (Wildman–Crippen MR) is 76.5 cm³/mol. The zero-order valence-electron chi connectivity index (χ0n) is 12.0. The molecule has 0 saturated carbocycles. The van der Waals surface area contributed by atoms with Gasteiger partial charge in [-0.1, -0.05) is 45.0 Å². The van der Waals surface area contributed by atoms with Crippen molar-refractivity contribution in [3.8, 4) is 0 Å². The Hall–Kier alpha value is -0.820. The van der Waals surface area contributed by atoms with Crippen molar-refractivity contribution in [1.29, 1.82) is 0 Å². The van der Waals surface area contributed by atoms with Gasteiger partial charge in [-0.25, -0.2) is 0 Å². The van der Waals surface area contributed by atoms with Crippen LogP contribution in [0.5, 0.6) is 0 Å². The Balaban J connectivity index is 2.75. The SMILES string of the molecule is CNCC(CCC(C)(C)C)c1ccccc1C. The van der Waals surface area contributed by atoms with Crippen LogP contribution in [0, 0.1) is 12.3 Å². The first kappa shape index (κ1) is 14.2. The molecule has 17 heavy (non-hydrogen) atoms. The summed E-state index contributed by atoms with van der Waals surface area (Å²) in [6.07, 6.45) is 2.53. The van der Waals surface area contributed by atoms with E-state index in [0.29, 0.717) is 11.3 Å². The molecule has 1 aromatic carbocycles. The minimum Gasteiger partial charge on any atom is -0.319 e. The minimum atomic E-state index is 0.425. The average Bonchev–Trinajstić information content (AvgIpc) is 2.24. The number of likely N-dealkylation sites (N-methyl/N-ethyl adjacent to an activating group) is 1. The van der Waals surface area contributed by atoms with Crippen molar-refractivity contribution in [1.82, 2.24) is 5.32 Å². The maximum Gasteiger partial charge on any atom is 0.00172 e. The van der Waals surface area contributed by atoms with Crippen molar-refractivity contribution in [2.45, 2.75) is 46.5 Å². The summed E-state index contributed by atoms with van der Waals surface area (Å²) in [5.74, 6) is 0.639. The van der Waals surface area contributed by atoms with E-state index in [-0.39, 0.29) is 0 Å². The molecule has 0 spiro atoms. The van der Waals surface area contributed by atoms with Crippen LogP contribution in [-0.2, 0) is 0 Å². The molecule has 1 rings (SSSR count). The van der Waals surface area contributed by atoms with Gasteiger partial charge in [-0.2, -0.15) is 0 Å². The lowest BCUT2D eigenvalue weighted by molar-refractivity contribution is 0.346. The number of hydrogen-bond acceptors (Lipinski definition) is 1. The van der Waals surface area contributed by atoms with Crippen LogP contribution in [-0.4, -0.2) is 13.6 Å². The lowest BCUT2D eigenvalue weighted by Gasteiger charge is -2.24. The molecule has 1 nitrogen and oxygen atoms in total. The van der Waals surface area contributed by atoms with Crippen LogP contribution < -0.4 is 5.32 Å². The number of aryl methyl sites for hydroxylation is 1. The lowest BCUT2D eigenvalue weighted by atomic mass is 9.83. The summed E-state index contributed by atoms with van der Waals surface area (Å²) in [5, 5.41) is 3.33. The standard InChI is InChI=1S/C16H27N/c1-13-8-6-7-9-15(13)14(12-17-5)10-11-16(2,3)4/h6-9,14,17H,10-12H2,1-5H3. The highest BCUT2D eigenvalue weighted by Gasteiger charge is 2.17. The smallest absolute Gasteiger partial charge is 0.00172 e. The van der Waals surface area contributed by atoms with Crippen molar-refractivity contribution in [3.63, 3.8) is 0 Å². The van der Waals surface area contributed by atoms with E-state index in [4.69, 9.17) is 0 Å². The fourth-order valence-corrected chi connectivity index (χ4v) is 2.27. The van der Waals surface area contributed by atoms with Crippen LogP contribution in [0.3, 0.4) is 0 Å². The summed E-state index contributed by atoms with van der Waals surface area (Å²) in [7, 11) is 2.04. The second-order valence-electron chi connectivity index (χ2n) is 6.21. The molecular formula is C16H27N. The van der Waals surface area contributed by atoms with Crippen LogP contribution in [0.2, 0.25) is 0 Å². The third-order valence-electron chi connectivity index (χ3n) is 3.32. The Morgan fingerprint density at radius 2 is 1.82 bits per heavy atom. The Morgan fingerprint density at radius 1 is 1.18 bits per heavy atom. The molecule has 0 radical (unpaired) electrons. The molecule has 1 N–H and O–H groups in total. The summed E-state index contributed by atoms with van der Waals surface area (Å²) in [4.78, 5) is 0. The molecule has 1 unspecified atom stereocenters. The van der Waals surface area contributed by atoms with Crippen molar-refractivity contribution >= 4 is 0 Å². The maximum atomic E-state index is 3.33. The molecule has 0 amide bonds.